The molecule has 1 fully saturated rings. The molecule has 1 saturated carbocycles. The van der Waals surface area contributed by atoms with E-state index in [4.69, 9.17) is 26.1 Å². The Morgan fingerprint density at radius 1 is 1.12 bits per heavy atom. The van der Waals surface area contributed by atoms with Gasteiger partial charge in [0.2, 0.25) is 0 Å². The number of nitrogens with zero attached hydrogens (tertiary/aromatic N) is 1. The molecular formula is C37H45ClN2O3. The molecule has 0 saturated heterocycles. The predicted octanol–water partition coefficient (Wildman–Crippen LogP) is 8.68. The van der Waals surface area contributed by atoms with E-state index in [1.54, 1.807) is 0 Å². The molecule has 1 N–H and O–H groups in total. The number of nitrogens with one attached hydrogen (secondary N) is 1. The van der Waals surface area contributed by atoms with Gasteiger partial charge in [-0.25, -0.2) is 4.79 Å². The summed E-state index contributed by atoms with van der Waals surface area (Å²) < 4.78 is 12.0. The van der Waals surface area contributed by atoms with Crippen LogP contribution in [0.15, 0.2) is 60.8 Å². The Bertz CT molecular complexity index is 1450. The summed E-state index contributed by atoms with van der Waals surface area (Å²) in [5.74, 6) is 2.30. The van der Waals surface area contributed by atoms with Crippen LogP contribution in [0, 0.1) is 11.8 Å². The Morgan fingerprint density at radius 2 is 1.93 bits per heavy atom. The lowest BCUT2D eigenvalue weighted by molar-refractivity contribution is -0.148. The maximum Gasteiger partial charge on any atom is 0.331 e. The smallest absolute Gasteiger partial charge is 0.331 e. The molecule has 43 heavy (non-hydrogen) atoms. The summed E-state index contributed by atoms with van der Waals surface area (Å²) in [6.07, 6.45) is 12.0. The van der Waals surface area contributed by atoms with E-state index in [-0.39, 0.29) is 11.4 Å². The standard InChI is InChI=1S/C37H45ClN2O3/c1-4-26-10-7-14-32-34(26)33(15-20-39-32)43-24-25(2)21-28-22-27-9-5-6-13-31(27)36(28)16-18-37(19-17-36,35(41)42-3)40-30-12-8-11-29(38)23-30/h5-6,8-9,11-13,15,20,23,25-26,28,40H,4,7,10,14,16-19,21-22,24H2,1-3H3/t25-,26-,28?,36?,37?/m1/s1. The second-order valence-electron chi connectivity index (χ2n) is 13.2. The van der Waals surface area contributed by atoms with E-state index < -0.39 is 5.54 Å². The molecule has 0 amide bonds. The monoisotopic (exact) mass is 600 g/mol. The topological polar surface area (TPSA) is 60.5 Å². The van der Waals surface area contributed by atoms with E-state index in [2.05, 4.69) is 49.5 Å². The van der Waals surface area contributed by atoms with E-state index >= 15 is 0 Å². The Hall–Kier alpha value is -3.05. The number of benzene rings is 2. The van der Waals surface area contributed by atoms with Crippen molar-refractivity contribution >= 4 is 23.3 Å². The normalized spacial score (nSPS) is 26.8. The third kappa shape index (κ3) is 5.78. The second kappa shape index (κ2) is 12.5. The molecule has 0 bridgehead atoms. The number of rotatable bonds is 9. The van der Waals surface area contributed by atoms with Crippen molar-refractivity contribution in [2.24, 2.45) is 11.8 Å². The molecule has 1 unspecified atom stereocenters. The molecule has 5 nitrogen and oxygen atoms in total. The summed E-state index contributed by atoms with van der Waals surface area (Å²) in [4.78, 5) is 18.0. The Balaban J connectivity index is 1.20. The van der Waals surface area contributed by atoms with Crippen LogP contribution in [0.1, 0.15) is 93.5 Å². The Morgan fingerprint density at radius 3 is 2.70 bits per heavy atom. The van der Waals surface area contributed by atoms with Gasteiger partial charge in [-0.3, -0.25) is 4.98 Å². The van der Waals surface area contributed by atoms with Gasteiger partial charge in [0.05, 0.1) is 13.7 Å². The molecule has 1 spiro atoms. The number of esters is 1. The molecule has 6 rings (SSSR count). The van der Waals surface area contributed by atoms with Crippen molar-refractivity contribution in [3.63, 3.8) is 0 Å². The lowest BCUT2D eigenvalue weighted by Crippen LogP contribution is -2.53. The maximum atomic E-state index is 13.3. The number of hydrogen-bond donors (Lipinski definition) is 1. The third-order valence-corrected chi connectivity index (χ3v) is 10.9. The molecule has 0 radical (unpaired) electrons. The molecule has 228 valence electrons. The number of carbonyl (C=O) groups is 1. The average molecular weight is 601 g/mol. The summed E-state index contributed by atoms with van der Waals surface area (Å²) >= 11 is 6.29. The molecule has 1 heterocycles. The van der Waals surface area contributed by atoms with Gasteiger partial charge < -0.3 is 14.8 Å². The SMILES string of the molecule is CC[C@@H]1CCCc2nccc(OC[C@H](C)CC3Cc4ccccc4C34CCC(Nc3cccc(Cl)c3)(C(=O)OC)CC4)c21. The fourth-order valence-electron chi connectivity index (χ4n) is 8.50. The first-order valence-electron chi connectivity index (χ1n) is 16.2. The summed E-state index contributed by atoms with van der Waals surface area (Å²) in [7, 11) is 1.49. The molecule has 0 aliphatic heterocycles. The van der Waals surface area contributed by atoms with Crippen LogP contribution in [0.4, 0.5) is 5.69 Å². The molecule has 3 aliphatic carbocycles. The van der Waals surface area contributed by atoms with Gasteiger partial charge in [-0.1, -0.05) is 55.8 Å². The Labute approximate surface area is 261 Å². The first-order chi connectivity index (χ1) is 20.9. The van der Waals surface area contributed by atoms with Gasteiger partial charge in [-0.05, 0) is 123 Å². The fraction of sp³-hybridized carbons (Fsp3) is 0.514. The number of aromatic nitrogens is 1. The maximum absolute atomic E-state index is 13.3. The van der Waals surface area contributed by atoms with Crippen LogP contribution in [0.25, 0.3) is 0 Å². The summed E-state index contributed by atoms with van der Waals surface area (Å²) in [6.45, 7) is 5.32. The van der Waals surface area contributed by atoms with Crippen LogP contribution < -0.4 is 10.1 Å². The molecule has 3 aliphatic rings. The van der Waals surface area contributed by atoms with Gasteiger partial charge in [0.25, 0.3) is 0 Å². The molecular weight excluding hydrogens is 556 g/mol. The van der Waals surface area contributed by atoms with E-state index in [9.17, 15) is 4.79 Å². The first-order valence-corrected chi connectivity index (χ1v) is 16.6. The largest absolute Gasteiger partial charge is 0.493 e. The zero-order chi connectivity index (χ0) is 30.0. The summed E-state index contributed by atoms with van der Waals surface area (Å²) in [6, 6.07) is 18.7. The highest BCUT2D eigenvalue weighted by atomic mass is 35.5. The zero-order valence-corrected chi connectivity index (χ0v) is 26.6. The second-order valence-corrected chi connectivity index (χ2v) is 13.7. The van der Waals surface area contributed by atoms with E-state index in [0.717, 1.165) is 50.0 Å². The van der Waals surface area contributed by atoms with Crippen molar-refractivity contribution in [2.75, 3.05) is 19.0 Å². The number of hydrogen-bond acceptors (Lipinski definition) is 5. The highest BCUT2D eigenvalue weighted by Crippen LogP contribution is 2.56. The highest BCUT2D eigenvalue weighted by molar-refractivity contribution is 6.30. The van der Waals surface area contributed by atoms with Crippen LogP contribution >= 0.6 is 11.6 Å². The number of anilines is 1. The van der Waals surface area contributed by atoms with Crippen molar-refractivity contribution in [1.82, 2.24) is 4.98 Å². The van der Waals surface area contributed by atoms with E-state index in [1.807, 2.05) is 30.5 Å². The van der Waals surface area contributed by atoms with E-state index in [0.29, 0.717) is 42.2 Å². The minimum Gasteiger partial charge on any atom is -0.493 e. The molecule has 3 aromatic rings. The lowest BCUT2D eigenvalue weighted by Gasteiger charge is -2.47. The fourth-order valence-corrected chi connectivity index (χ4v) is 8.70. The molecule has 2 aromatic carbocycles. The van der Waals surface area contributed by atoms with Crippen molar-refractivity contribution < 1.29 is 14.3 Å². The van der Waals surface area contributed by atoms with Crippen LogP contribution in [-0.4, -0.2) is 30.2 Å². The minimum absolute atomic E-state index is 0.0432. The van der Waals surface area contributed by atoms with Crippen molar-refractivity contribution in [3.05, 3.63) is 88.2 Å². The van der Waals surface area contributed by atoms with Crippen molar-refractivity contribution in [3.8, 4) is 5.75 Å². The van der Waals surface area contributed by atoms with E-state index in [1.165, 1.54) is 42.3 Å². The highest BCUT2D eigenvalue weighted by Gasteiger charge is 2.54. The quantitative estimate of drug-likeness (QED) is 0.249. The average Bonchev–Trinajstić information content (AvgIpc) is 3.32. The van der Waals surface area contributed by atoms with Gasteiger partial charge in [-0.15, -0.1) is 0 Å². The molecule has 6 heteroatoms. The first kappa shape index (κ1) is 30.0. The number of ether oxygens (including phenoxy) is 2. The number of pyridine rings is 1. The van der Waals surface area contributed by atoms with Gasteiger partial charge in [0.15, 0.2) is 0 Å². The van der Waals surface area contributed by atoms with Crippen molar-refractivity contribution in [1.29, 1.82) is 0 Å². The number of carbonyl (C=O) groups excluding carboxylic acids is 1. The zero-order valence-electron chi connectivity index (χ0n) is 25.8. The van der Waals surface area contributed by atoms with Crippen LogP contribution in [0.2, 0.25) is 5.02 Å². The van der Waals surface area contributed by atoms with Crippen LogP contribution in [0.3, 0.4) is 0 Å². The van der Waals surface area contributed by atoms with Crippen LogP contribution in [-0.2, 0) is 27.8 Å². The molecule has 1 aromatic heterocycles. The third-order valence-electron chi connectivity index (χ3n) is 10.7. The van der Waals surface area contributed by atoms with Gasteiger partial charge in [0.1, 0.15) is 11.3 Å². The molecule has 3 atom stereocenters. The number of aryl methyl sites for hydroxylation is 1. The van der Waals surface area contributed by atoms with Gasteiger partial charge in [-0.2, -0.15) is 0 Å². The number of methoxy groups -OCH3 is 1. The summed E-state index contributed by atoms with van der Waals surface area (Å²) in [5, 5.41) is 4.21. The number of halogens is 1. The van der Waals surface area contributed by atoms with Gasteiger partial charge in [0, 0.05) is 28.2 Å². The minimum atomic E-state index is -0.766. The lowest BCUT2D eigenvalue weighted by atomic mass is 9.59. The van der Waals surface area contributed by atoms with Crippen LogP contribution in [0.5, 0.6) is 5.75 Å². The number of fused-ring (bicyclic) bond motifs is 3. The summed E-state index contributed by atoms with van der Waals surface area (Å²) in [5.41, 5.74) is 5.65. The van der Waals surface area contributed by atoms with Crippen molar-refractivity contribution in [2.45, 2.75) is 94.9 Å². The van der Waals surface area contributed by atoms with Gasteiger partial charge >= 0.3 is 5.97 Å². The Kier molecular flexibility index (Phi) is 8.73. The predicted molar refractivity (Wildman–Crippen MR) is 173 cm³/mol.